The number of carbonyl (C=O) groups is 2. The minimum atomic E-state index is -0.324. The molecule has 0 bridgehead atoms. The average molecular weight is 411 g/mol. The Bertz CT molecular complexity index is 854. The summed E-state index contributed by atoms with van der Waals surface area (Å²) in [7, 11) is 3.06. The molecule has 2 amide bonds. The predicted molar refractivity (Wildman–Crippen MR) is 116 cm³/mol. The van der Waals surface area contributed by atoms with Gasteiger partial charge in [-0.3, -0.25) is 9.59 Å². The van der Waals surface area contributed by atoms with Crippen molar-refractivity contribution in [3.8, 4) is 11.5 Å². The first-order valence-electron chi connectivity index (χ1n) is 10.4. The Kier molecular flexibility index (Phi) is 7.71. The molecule has 0 aliphatic heterocycles. The third-order valence-corrected chi connectivity index (χ3v) is 5.65. The topological polar surface area (TPSA) is 76.7 Å². The maximum Gasteiger partial charge on any atom is 0.251 e. The van der Waals surface area contributed by atoms with Crippen LogP contribution in [-0.4, -0.2) is 38.6 Å². The van der Waals surface area contributed by atoms with Gasteiger partial charge >= 0.3 is 0 Å². The number of ether oxygens (including phenoxy) is 2. The number of carbonyl (C=O) groups excluding carboxylic acids is 2. The van der Waals surface area contributed by atoms with Crippen LogP contribution >= 0.6 is 0 Å². The van der Waals surface area contributed by atoms with Crippen molar-refractivity contribution in [2.45, 2.75) is 38.1 Å². The van der Waals surface area contributed by atoms with Gasteiger partial charge in [-0.1, -0.05) is 43.2 Å². The first-order chi connectivity index (χ1) is 14.6. The second-order valence-corrected chi connectivity index (χ2v) is 7.66. The molecular formula is C24H30N2O4. The summed E-state index contributed by atoms with van der Waals surface area (Å²) in [6.45, 7) is -0.0538. The van der Waals surface area contributed by atoms with Crippen molar-refractivity contribution in [1.82, 2.24) is 10.6 Å². The molecule has 6 heteroatoms. The highest BCUT2D eigenvalue weighted by molar-refractivity contribution is 5.97. The van der Waals surface area contributed by atoms with Gasteiger partial charge < -0.3 is 20.1 Å². The van der Waals surface area contributed by atoms with Crippen LogP contribution in [0, 0.1) is 5.92 Å². The van der Waals surface area contributed by atoms with Crippen molar-refractivity contribution in [3.63, 3.8) is 0 Å². The Morgan fingerprint density at radius 2 is 1.70 bits per heavy atom. The van der Waals surface area contributed by atoms with Crippen molar-refractivity contribution < 1.29 is 19.1 Å². The van der Waals surface area contributed by atoms with Gasteiger partial charge in [0.25, 0.3) is 5.91 Å². The van der Waals surface area contributed by atoms with Gasteiger partial charge in [-0.2, -0.15) is 0 Å². The van der Waals surface area contributed by atoms with E-state index in [-0.39, 0.29) is 24.4 Å². The smallest absolute Gasteiger partial charge is 0.251 e. The summed E-state index contributed by atoms with van der Waals surface area (Å²) in [5, 5.41) is 5.83. The third kappa shape index (κ3) is 5.75. The van der Waals surface area contributed by atoms with E-state index in [0.717, 1.165) is 25.7 Å². The number of hydrogen-bond acceptors (Lipinski definition) is 4. The number of hydrogen-bond donors (Lipinski definition) is 2. The monoisotopic (exact) mass is 410 g/mol. The fourth-order valence-corrected chi connectivity index (χ4v) is 4.06. The maximum absolute atomic E-state index is 12.5. The molecule has 1 aliphatic rings. The summed E-state index contributed by atoms with van der Waals surface area (Å²) >= 11 is 0. The maximum atomic E-state index is 12.5. The fraction of sp³-hybridized carbons (Fsp3) is 0.417. The number of rotatable bonds is 8. The second-order valence-electron chi connectivity index (χ2n) is 7.66. The van der Waals surface area contributed by atoms with Crippen LogP contribution in [0.3, 0.4) is 0 Å². The van der Waals surface area contributed by atoms with E-state index in [1.54, 1.807) is 18.2 Å². The summed E-state index contributed by atoms with van der Waals surface area (Å²) in [5.41, 5.74) is 1.71. The second kappa shape index (κ2) is 10.7. The van der Waals surface area contributed by atoms with E-state index in [1.807, 2.05) is 6.07 Å². The molecule has 2 N–H and O–H groups in total. The average Bonchev–Trinajstić information content (AvgIpc) is 2.79. The minimum Gasteiger partial charge on any atom is -0.493 e. The van der Waals surface area contributed by atoms with Crippen LogP contribution in [0.2, 0.25) is 0 Å². The van der Waals surface area contributed by atoms with Gasteiger partial charge in [0, 0.05) is 11.6 Å². The number of amides is 2. The first kappa shape index (κ1) is 21.7. The van der Waals surface area contributed by atoms with Gasteiger partial charge in [0.15, 0.2) is 11.5 Å². The summed E-state index contributed by atoms with van der Waals surface area (Å²) in [5.74, 6) is 0.963. The number of methoxy groups -OCH3 is 2. The molecule has 0 heterocycles. The highest BCUT2D eigenvalue weighted by Gasteiger charge is 2.26. The molecule has 6 nitrogen and oxygen atoms in total. The molecule has 0 saturated heterocycles. The summed E-state index contributed by atoms with van der Waals surface area (Å²) < 4.78 is 10.4. The Balaban J connectivity index is 1.53. The zero-order chi connectivity index (χ0) is 21.3. The van der Waals surface area contributed by atoms with E-state index in [0.29, 0.717) is 23.0 Å². The quantitative estimate of drug-likeness (QED) is 0.700. The molecule has 1 saturated carbocycles. The summed E-state index contributed by atoms with van der Waals surface area (Å²) in [6, 6.07) is 15.5. The molecule has 2 atom stereocenters. The molecule has 2 unspecified atom stereocenters. The van der Waals surface area contributed by atoms with E-state index >= 15 is 0 Å². The Morgan fingerprint density at radius 3 is 2.43 bits per heavy atom. The normalized spacial score (nSPS) is 18.3. The zero-order valence-corrected chi connectivity index (χ0v) is 17.6. The molecule has 0 aromatic heterocycles. The van der Waals surface area contributed by atoms with Crippen LogP contribution in [0.25, 0.3) is 0 Å². The zero-order valence-electron chi connectivity index (χ0n) is 17.6. The van der Waals surface area contributed by atoms with Gasteiger partial charge in [-0.05, 0) is 48.9 Å². The van der Waals surface area contributed by atoms with Crippen LogP contribution in [0.4, 0.5) is 0 Å². The minimum absolute atomic E-state index is 0.0538. The van der Waals surface area contributed by atoms with E-state index in [4.69, 9.17) is 9.47 Å². The third-order valence-electron chi connectivity index (χ3n) is 5.65. The SMILES string of the molecule is COc1ccc(C(=O)NCC(=O)NC2CCCCC2Cc2ccccc2)cc1OC. The predicted octanol–water partition coefficient (Wildman–Crippen LogP) is 3.35. The number of benzene rings is 2. The lowest BCUT2D eigenvalue weighted by Gasteiger charge is -2.32. The molecule has 160 valence electrons. The summed E-state index contributed by atoms with van der Waals surface area (Å²) in [6.07, 6.45) is 5.36. The van der Waals surface area contributed by atoms with Crippen molar-refractivity contribution >= 4 is 11.8 Å². The largest absolute Gasteiger partial charge is 0.493 e. The molecule has 30 heavy (non-hydrogen) atoms. The van der Waals surface area contributed by atoms with Crippen molar-refractivity contribution in [2.24, 2.45) is 5.92 Å². The summed E-state index contributed by atoms with van der Waals surface area (Å²) in [4.78, 5) is 24.9. The Hall–Kier alpha value is -3.02. The van der Waals surface area contributed by atoms with Crippen LogP contribution in [0.15, 0.2) is 48.5 Å². The van der Waals surface area contributed by atoms with Crippen molar-refractivity contribution in [3.05, 3.63) is 59.7 Å². The van der Waals surface area contributed by atoms with Gasteiger partial charge in [0.2, 0.25) is 5.91 Å². The van der Waals surface area contributed by atoms with Crippen LogP contribution in [-0.2, 0) is 11.2 Å². The molecule has 2 aromatic rings. The number of nitrogens with one attached hydrogen (secondary N) is 2. The van der Waals surface area contributed by atoms with Crippen LogP contribution in [0.1, 0.15) is 41.6 Å². The lowest BCUT2D eigenvalue weighted by atomic mass is 9.80. The van der Waals surface area contributed by atoms with Gasteiger partial charge in [-0.25, -0.2) is 0 Å². The van der Waals surface area contributed by atoms with E-state index in [2.05, 4.69) is 34.9 Å². The van der Waals surface area contributed by atoms with Crippen molar-refractivity contribution in [1.29, 1.82) is 0 Å². The Labute approximate surface area is 178 Å². The molecule has 0 spiro atoms. The molecule has 2 aromatic carbocycles. The van der Waals surface area contributed by atoms with E-state index < -0.39 is 0 Å². The molecule has 0 radical (unpaired) electrons. The first-order valence-corrected chi connectivity index (χ1v) is 10.4. The van der Waals surface area contributed by atoms with Crippen LogP contribution < -0.4 is 20.1 Å². The highest BCUT2D eigenvalue weighted by Crippen LogP contribution is 2.28. The highest BCUT2D eigenvalue weighted by atomic mass is 16.5. The molecular weight excluding hydrogens is 380 g/mol. The van der Waals surface area contributed by atoms with Gasteiger partial charge in [0.1, 0.15) is 0 Å². The van der Waals surface area contributed by atoms with E-state index in [1.165, 1.54) is 26.2 Å². The molecule has 3 rings (SSSR count). The van der Waals surface area contributed by atoms with E-state index in [9.17, 15) is 9.59 Å². The lowest BCUT2D eigenvalue weighted by molar-refractivity contribution is -0.121. The lowest BCUT2D eigenvalue weighted by Crippen LogP contribution is -2.46. The molecule has 1 fully saturated rings. The molecule has 1 aliphatic carbocycles. The fourth-order valence-electron chi connectivity index (χ4n) is 4.06. The van der Waals surface area contributed by atoms with Crippen molar-refractivity contribution in [2.75, 3.05) is 20.8 Å². The Morgan fingerprint density at radius 1 is 0.967 bits per heavy atom. The van der Waals surface area contributed by atoms with Gasteiger partial charge in [-0.15, -0.1) is 0 Å². The standard InChI is InChI=1S/C24H30N2O4/c1-29-21-13-12-19(15-22(21)30-2)24(28)25-16-23(27)26-20-11-7-6-10-18(20)14-17-8-4-3-5-9-17/h3-5,8-9,12-13,15,18,20H,6-7,10-11,14,16H2,1-2H3,(H,25,28)(H,26,27). The van der Waals surface area contributed by atoms with Crippen LogP contribution in [0.5, 0.6) is 11.5 Å². The van der Waals surface area contributed by atoms with Gasteiger partial charge in [0.05, 0.1) is 20.8 Å².